The Labute approximate surface area is 193 Å². The molecular weight excluding hydrogens is 435 g/mol. The number of carbonyl (C=O) groups is 1. The first-order valence-corrected chi connectivity index (χ1v) is 10.6. The molecule has 2 N–H and O–H groups in total. The number of ether oxygens (including phenoxy) is 1. The van der Waals surface area contributed by atoms with Crippen LogP contribution in [0.2, 0.25) is 0 Å². The van der Waals surface area contributed by atoms with Crippen LogP contribution in [0.1, 0.15) is 16.1 Å². The number of methoxy groups -OCH3 is 1. The average Bonchev–Trinajstić information content (AvgIpc) is 3.14. The number of amides is 1. The zero-order valence-corrected chi connectivity index (χ0v) is 18.6. The number of fused-ring (bicyclic) bond motifs is 2. The van der Waals surface area contributed by atoms with Crippen LogP contribution in [0.25, 0.3) is 33.2 Å². The Bertz CT molecular complexity index is 1600. The van der Waals surface area contributed by atoms with E-state index in [0.29, 0.717) is 27.4 Å². The minimum atomic E-state index is -0.451. The molecule has 0 atom stereocenters. The molecule has 0 unspecified atom stereocenters. The molecule has 8 heteroatoms. The number of carbonyl (C=O) groups excluding carboxylic acids is 1. The van der Waals surface area contributed by atoms with Crippen LogP contribution in [0.4, 0.5) is 4.39 Å². The van der Waals surface area contributed by atoms with Crippen molar-refractivity contribution in [3.8, 4) is 17.1 Å². The van der Waals surface area contributed by atoms with E-state index in [4.69, 9.17) is 4.74 Å². The molecule has 34 heavy (non-hydrogen) atoms. The Hall–Kier alpha value is -4.46. The van der Waals surface area contributed by atoms with Gasteiger partial charge in [-0.25, -0.2) is 9.37 Å². The van der Waals surface area contributed by atoms with Crippen LogP contribution in [0.5, 0.6) is 5.75 Å². The highest BCUT2D eigenvalue weighted by Gasteiger charge is 2.24. The number of aromatic amines is 1. The maximum Gasteiger partial charge on any atom is 0.268 e. The smallest absolute Gasteiger partial charge is 0.268 e. The zero-order chi connectivity index (χ0) is 23.8. The topological polar surface area (TPSA) is 89.0 Å². The van der Waals surface area contributed by atoms with Crippen LogP contribution < -0.4 is 15.6 Å². The number of aromatic nitrogens is 3. The van der Waals surface area contributed by atoms with Crippen molar-refractivity contribution in [2.75, 3.05) is 7.11 Å². The van der Waals surface area contributed by atoms with E-state index < -0.39 is 5.82 Å². The third-order valence-corrected chi connectivity index (χ3v) is 5.84. The van der Waals surface area contributed by atoms with E-state index >= 15 is 0 Å². The first kappa shape index (κ1) is 21.4. The van der Waals surface area contributed by atoms with Crippen molar-refractivity contribution in [3.63, 3.8) is 0 Å². The van der Waals surface area contributed by atoms with Crippen molar-refractivity contribution in [2.45, 2.75) is 6.54 Å². The van der Waals surface area contributed by atoms with Gasteiger partial charge in [0, 0.05) is 24.5 Å². The molecule has 5 rings (SSSR count). The van der Waals surface area contributed by atoms with Gasteiger partial charge in [0.1, 0.15) is 23.1 Å². The standard InChI is InChI=1S/C26H21FN4O3/c1-31-21-12-9-16(27)13-19(21)22(24-29-20-6-4-3-5-18(20)25(32)30-24)23(31)26(33)28-14-15-7-10-17(34-2)11-8-15/h3-13H,14H2,1-2H3,(H,28,33)(H,29,30,32). The van der Waals surface area contributed by atoms with Crippen molar-refractivity contribution in [3.05, 3.63) is 94.2 Å². The molecule has 5 aromatic rings. The molecule has 7 nitrogen and oxygen atoms in total. The summed E-state index contributed by atoms with van der Waals surface area (Å²) in [5.74, 6) is 0.0994. The molecule has 2 aromatic heterocycles. The molecule has 0 fully saturated rings. The number of halogens is 1. The van der Waals surface area contributed by atoms with Gasteiger partial charge in [-0.1, -0.05) is 24.3 Å². The molecule has 0 aliphatic carbocycles. The lowest BCUT2D eigenvalue weighted by molar-refractivity contribution is 0.0944. The minimum Gasteiger partial charge on any atom is -0.497 e. The van der Waals surface area contributed by atoms with Crippen LogP contribution in [0.15, 0.2) is 71.5 Å². The summed E-state index contributed by atoms with van der Waals surface area (Å²) in [6, 6.07) is 18.6. The highest BCUT2D eigenvalue weighted by atomic mass is 19.1. The highest BCUT2D eigenvalue weighted by Crippen LogP contribution is 2.33. The molecule has 0 saturated carbocycles. The van der Waals surface area contributed by atoms with E-state index in [-0.39, 0.29) is 29.5 Å². The second-order valence-corrected chi connectivity index (χ2v) is 7.91. The summed E-state index contributed by atoms with van der Waals surface area (Å²) in [7, 11) is 3.32. The van der Waals surface area contributed by atoms with Crippen LogP contribution >= 0.6 is 0 Å². The van der Waals surface area contributed by atoms with Crippen LogP contribution in [0, 0.1) is 5.82 Å². The van der Waals surface area contributed by atoms with Crippen LogP contribution in [-0.4, -0.2) is 27.6 Å². The number of nitrogens with one attached hydrogen (secondary N) is 2. The van der Waals surface area contributed by atoms with Gasteiger partial charge in [0.15, 0.2) is 0 Å². The Morgan fingerprint density at radius 3 is 2.62 bits per heavy atom. The summed E-state index contributed by atoms with van der Waals surface area (Å²) in [6.45, 7) is 0.278. The second kappa shape index (κ2) is 8.47. The Balaban J connectivity index is 1.63. The van der Waals surface area contributed by atoms with E-state index in [1.807, 2.05) is 24.3 Å². The quantitative estimate of drug-likeness (QED) is 0.416. The lowest BCUT2D eigenvalue weighted by Crippen LogP contribution is -2.26. The average molecular weight is 456 g/mol. The molecule has 0 spiro atoms. The molecule has 1 amide bonds. The van der Waals surface area contributed by atoms with Gasteiger partial charge < -0.3 is 19.6 Å². The summed E-state index contributed by atoms with van der Waals surface area (Å²) in [5.41, 5.74) is 2.32. The molecule has 0 bridgehead atoms. The van der Waals surface area contributed by atoms with Crippen molar-refractivity contribution in [1.29, 1.82) is 0 Å². The molecular formula is C26H21FN4O3. The predicted molar refractivity (Wildman–Crippen MR) is 128 cm³/mol. The van der Waals surface area contributed by atoms with Gasteiger partial charge >= 0.3 is 0 Å². The lowest BCUT2D eigenvalue weighted by Gasteiger charge is -2.10. The van der Waals surface area contributed by atoms with E-state index in [1.165, 1.54) is 12.1 Å². The van der Waals surface area contributed by atoms with E-state index in [9.17, 15) is 14.0 Å². The molecule has 170 valence electrons. The number of benzene rings is 3. The molecule has 0 radical (unpaired) electrons. The van der Waals surface area contributed by atoms with Crippen LogP contribution in [-0.2, 0) is 13.6 Å². The van der Waals surface area contributed by atoms with Gasteiger partial charge in [-0.3, -0.25) is 9.59 Å². The fourth-order valence-electron chi connectivity index (χ4n) is 4.14. The maximum atomic E-state index is 14.2. The second-order valence-electron chi connectivity index (χ2n) is 7.91. The van der Waals surface area contributed by atoms with Gasteiger partial charge in [-0.15, -0.1) is 0 Å². The van der Waals surface area contributed by atoms with Gasteiger partial charge in [-0.05, 0) is 48.0 Å². The Kier molecular flexibility index (Phi) is 5.33. The molecule has 3 aromatic carbocycles. The van der Waals surface area contributed by atoms with Crippen molar-refractivity contribution >= 4 is 27.7 Å². The molecule has 2 heterocycles. The number of hydrogen-bond acceptors (Lipinski definition) is 4. The van der Waals surface area contributed by atoms with Crippen molar-refractivity contribution in [1.82, 2.24) is 19.9 Å². The summed E-state index contributed by atoms with van der Waals surface area (Å²) in [4.78, 5) is 33.5. The fraction of sp³-hybridized carbons (Fsp3) is 0.115. The Morgan fingerprint density at radius 2 is 1.85 bits per heavy atom. The number of rotatable bonds is 5. The monoisotopic (exact) mass is 456 g/mol. The number of aryl methyl sites for hydroxylation is 1. The predicted octanol–water partition coefficient (Wildman–Crippen LogP) is 4.16. The zero-order valence-electron chi connectivity index (χ0n) is 18.6. The third-order valence-electron chi connectivity index (χ3n) is 5.84. The van der Waals surface area contributed by atoms with Crippen molar-refractivity contribution < 1.29 is 13.9 Å². The van der Waals surface area contributed by atoms with Crippen LogP contribution in [0.3, 0.4) is 0 Å². The molecule has 0 saturated heterocycles. The third kappa shape index (κ3) is 3.69. The molecule has 0 aliphatic heterocycles. The summed E-state index contributed by atoms with van der Waals surface area (Å²) in [5, 5.41) is 3.83. The SMILES string of the molecule is COc1ccc(CNC(=O)c2c(-c3nc4ccccc4c(=O)[nH]3)c3cc(F)ccc3n2C)cc1. The van der Waals surface area contributed by atoms with Gasteiger partial charge in [0.05, 0.1) is 23.6 Å². The fourth-order valence-corrected chi connectivity index (χ4v) is 4.14. The Morgan fingerprint density at radius 1 is 1.09 bits per heavy atom. The largest absolute Gasteiger partial charge is 0.497 e. The number of hydrogen-bond donors (Lipinski definition) is 2. The highest BCUT2D eigenvalue weighted by molar-refractivity contribution is 6.09. The van der Waals surface area contributed by atoms with E-state index in [0.717, 1.165) is 11.3 Å². The molecule has 0 aliphatic rings. The minimum absolute atomic E-state index is 0.203. The summed E-state index contributed by atoms with van der Waals surface area (Å²) < 4.78 is 21.1. The summed E-state index contributed by atoms with van der Waals surface area (Å²) >= 11 is 0. The van der Waals surface area contributed by atoms with Gasteiger partial charge in [0.2, 0.25) is 0 Å². The maximum absolute atomic E-state index is 14.2. The first-order chi connectivity index (χ1) is 16.5. The number of H-pyrrole nitrogens is 1. The lowest BCUT2D eigenvalue weighted by atomic mass is 10.1. The first-order valence-electron chi connectivity index (χ1n) is 10.6. The van der Waals surface area contributed by atoms with Crippen molar-refractivity contribution in [2.24, 2.45) is 7.05 Å². The number of nitrogens with zero attached hydrogens (tertiary/aromatic N) is 2. The van der Waals surface area contributed by atoms with E-state index in [2.05, 4.69) is 15.3 Å². The number of para-hydroxylation sites is 1. The van der Waals surface area contributed by atoms with Gasteiger partial charge in [0.25, 0.3) is 11.5 Å². The van der Waals surface area contributed by atoms with Gasteiger partial charge in [-0.2, -0.15) is 0 Å². The normalized spacial score (nSPS) is 11.1. The van der Waals surface area contributed by atoms with E-state index in [1.54, 1.807) is 49.1 Å². The summed E-state index contributed by atoms with van der Waals surface area (Å²) in [6.07, 6.45) is 0.